The minimum Gasteiger partial charge on any atom is -0.550 e. The Hall–Kier alpha value is -3.02. The van der Waals surface area contributed by atoms with Crippen LogP contribution in [-0.4, -0.2) is 25.6 Å². The molecule has 1 atom stereocenters. The molecule has 0 aliphatic carbocycles. The zero-order chi connectivity index (χ0) is 17.4. The van der Waals surface area contributed by atoms with Gasteiger partial charge in [-0.3, -0.25) is 4.79 Å². The van der Waals surface area contributed by atoms with E-state index < -0.39 is 17.9 Å². The summed E-state index contributed by atoms with van der Waals surface area (Å²) in [6, 6.07) is 15.0. The fourth-order valence-corrected chi connectivity index (χ4v) is 2.16. The van der Waals surface area contributed by atoms with Gasteiger partial charge in [-0.05, 0) is 29.8 Å². The van der Waals surface area contributed by atoms with E-state index >= 15 is 0 Å². The molecule has 0 saturated carbocycles. The number of carbonyl (C=O) groups is 2. The first kappa shape index (κ1) is 17.3. The van der Waals surface area contributed by atoms with Gasteiger partial charge < -0.3 is 24.7 Å². The molecule has 0 aliphatic rings. The van der Waals surface area contributed by atoms with E-state index in [0.29, 0.717) is 17.1 Å². The van der Waals surface area contributed by atoms with Crippen LogP contribution in [0, 0.1) is 0 Å². The van der Waals surface area contributed by atoms with Crippen LogP contribution >= 0.6 is 0 Å². The molecule has 2 rings (SSSR count). The van der Waals surface area contributed by atoms with E-state index in [1.807, 2.05) is 6.07 Å². The highest BCUT2D eigenvalue weighted by Gasteiger charge is 2.15. The van der Waals surface area contributed by atoms with Crippen LogP contribution in [0.15, 0.2) is 54.6 Å². The number of benzene rings is 2. The quantitative estimate of drug-likeness (QED) is 0.783. The molecule has 1 amide bonds. The third-order valence-electron chi connectivity index (χ3n) is 3.34. The lowest BCUT2D eigenvalue weighted by molar-refractivity contribution is -0.306. The molecule has 6 heteroatoms. The number of rotatable bonds is 8. The van der Waals surface area contributed by atoms with Crippen molar-refractivity contribution in [3.63, 3.8) is 0 Å². The molecular formula is C18H18NO5-. The van der Waals surface area contributed by atoms with Crippen LogP contribution in [0.4, 0.5) is 0 Å². The number of ether oxygens (including phenoxy) is 2. The van der Waals surface area contributed by atoms with Crippen molar-refractivity contribution in [3.8, 4) is 11.5 Å². The highest BCUT2D eigenvalue weighted by Crippen LogP contribution is 2.20. The third-order valence-corrected chi connectivity index (χ3v) is 3.34. The Bertz CT molecular complexity index is 670. The molecule has 0 unspecified atom stereocenters. The summed E-state index contributed by atoms with van der Waals surface area (Å²) in [5.41, 5.74) is 0.646. The number of hydrogen-bond acceptors (Lipinski definition) is 5. The third kappa shape index (κ3) is 5.31. The van der Waals surface area contributed by atoms with E-state index in [1.165, 1.54) is 7.11 Å². The lowest BCUT2D eigenvalue weighted by Crippen LogP contribution is -2.36. The zero-order valence-corrected chi connectivity index (χ0v) is 13.2. The molecule has 0 saturated heterocycles. The summed E-state index contributed by atoms with van der Waals surface area (Å²) >= 11 is 0. The summed E-state index contributed by atoms with van der Waals surface area (Å²) in [4.78, 5) is 23.0. The maximum absolute atomic E-state index is 12.0. The molecule has 0 radical (unpaired) electrons. The fraction of sp³-hybridized carbons (Fsp3) is 0.222. The van der Waals surface area contributed by atoms with E-state index in [4.69, 9.17) is 9.47 Å². The van der Waals surface area contributed by atoms with Gasteiger partial charge in [0.2, 0.25) is 0 Å². The van der Waals surface area contributed by atoms with Gasteiger partial charge in [0.1, 0.15) is 11.5 Å². The van der Waals surface area contributed by atoms with E-state index in [2.05, 4.69) is 5.32 Å². The van der Waals surface area contributed by atoms with E-state index in [0.717, 1.165) is 0 Å². The summed E-state index contributed by atoms with van der Waals surface area (Å²) < 4.78 is 10.4. The predicted molar refractivity (Wildman–Crippen MR) is 85.4 cm³/mol. The topological polar surface area (TPSA) is 87.7 Å². The van der Waals surface area contributed by atoms with Gasteiger partial charge in [-0.15, -0.1) is 0 Å². The second kappa shape index (κ2) is 8.57. The summed E-state index contributed by atoms with van der Waals surface area (Å²) in [5.74, 6) is -0.459. The van der Waals surface area contributed by atoms with Crippen molar-refractivity contribution in [2.24, 2.45) is 0 Å². The Labute approximate surface area is 140 Å². The highest BCUT2D eigenvalue weighted by molar-refractivity contribution is 5.79. The first-order valence-electron chi connectivity index (χ1n) is 7.39. The van der Waals surface area contributed by atoms with Crippen LogP contribution in [0.5, 0.6) is 11.5 Å². The largest absolute Gasteiger partial charge is 0.550 e. The smallest absolute Gasteiger partial charge is 0.258 e. The Balaban J connectivity index is 1.99. The number of methoxy groups -OCH3 is 1. The lowest BCUT2D eigenvalue weighted by atomic mass is 10.0. The number of nitrogens with one attached hydrogen (secondary N) is 1. The molecule has 24 heavy (non-hydrogen) atoms. The van der Waals surface area contributed by atoms with Gasteiger partial charge in [0.05, 0.1) is 13.2 Å². The Morgan fingerprint density at radius 1 is 1.04 bits per heavy atom. The zero-order valence-electron chi connectivity index (χ0n) is 13.2. The molecule has 126 valence electrons. The van der Waals surface area contributed by atoms with E-state index in [1.54, 1.807) is 48.5 Å². The monoisotopic (exact) mass is 328 g/mol. The molecule has 0 aliphatic heterocycles. The number of carboxylic acids is 1. The van der Waals surface area contributed by atoms with Crippen molar-refractivity contribution in [3.05, 3.63) is 60.2 Å². The van der Waals surface area contributed by atoms with Crippen LogP contribution in [0.25, 0.3) is 0 Å². The molecule has 2 aromatic carbocycles. The molecule has 0 heterocycles. The average molecular weight is 328 g/mol. The molecule has 0 fully saturated rings. The van der Waals surface area contributed by atoms with Crippen molar-refractivity contribution >= 4 is 11.9 Å². The highest BCUT2D eigenvalue weighted by atomic mass is 16.5. The van der Waals surface area contributed by atoms with Gasteiger partial charge >= 0.3 is 0 Å². The summed E-state index contributed by atoms with van der Waals surface area (Å²) in [6.07, 6.45) is -0.330. The van der Waals surface area contributed by atoms with Gasteiger partial charge in [0, 0.05) is 12.4 Å². The lowest BCUT2D eigenvalue weighted by Gasteiger charge is -2.20. The summed E-state index contributed by atoms with van der Waals surface area (Å²) in [5, 5.41) is 13.6. The minimum atomic E-state index is -1.25. The fourth-order valence-electron chi connectivity index (χ4n) is 2.16. The van der Waals surface area contributed by atoms with Crippen molar-refractivity contribution in [2.45, 2.75) is 12.5 Å². The molecular weight excluding hydrogens is 310 g/mol. The second-order valence-electron chi connectivity index (χ2n) is 5.07. The van der Waals surface area contributed by atoms with Crippen LogP contribution in [0.2, 0.25) is 0 Å². The minimum absolute atomic E-state index is 0.205. The standard InChI is InChI=1S/C18H19NO5/c1-23-14-9-7-13(8-10-14)16(11-18(21)22)19-17(20)12-24-15-5-3-2-4-6-15/h2-10,16H,11-12H2,1H3,(H,19,20)(H,21,22)/p-1/t16-/m0/s1. The Morgan fingerprint density at radius 2 is 1.71 bits per heavy atom. The van der Waals surface area contributed by atoms with Crippen molar-refractivity contribution in [2.75, 3.05) is 13.7 Å². The van der Waals surface area contributed by atoms with Crippen LogP contribution < -0.4 is 19.9 Å². The molecule has 1 N–H and O–H groups in total. The summed E-state index contributed by atoms with van der Waals surface area (Å²) in [7, 11) is 1.54. The van der Waals surface area contributed by atoms with Crippen LogP contribution in [-0.2, 0) is 9.59 Å². The molecule has 2 aromatic rings. The number of hydrogen-bond donors (Lipinski definition) is 1. The normalized spacial score (nSPS) is 11.4. The van der Waals surface area contributed by atoms with Crippen molar-refractivity contribution in [1.29, 1.82) is 0 Å². The van der Waals surface area contributed by atoms with Crippen LogP contribution in [0.1, 0.15) is 18.0 Å². The van der Waals surface area contributed by atoms with E-state index in [9.17, 15) is 14.7 Å². The average Bonchev–Trinajstić information content (AvgIpc) is 2.60. The number of carbonyl (C=O) groups excluding carboxylic acids is 2. The maximum atomic E-state index is 12.0. The maximum Gasteiger partial charge on any atom is 0.258 e. The molecule has 0 aromatic heterocycles. The predicted octanol–water partition coefficient (Wildman–Crippen LogP) is 1.07. The van der Waals surface area contributed by atoms with Gasteiger partial charge in [0.15, 0.2) is 6.61 Å². The van der Waals surface area contributed by atoms with E-state index in [-0.39, 0.29) is 13.0 Å². The van der Waals surface area contributed by atoms with Gasteiger partial charge in [-0.25, -0.2) is 0 Å². The molecule has 0 spiro atoms. The van der Waals surface area contributed by atoms with Crippen LogP contribution in [0.3, 0.4) is 0 Å². The number of aliphatic carboxylic acids is 1. The molecule has 6 nitrogen and oxygen atoms in total. The number of carboxylic acid groups (broad SMARTS) is 1. The number of para-hydroxylation sites is 1. The number of amides is 1. The Morgan fingerprint density at radius 3 is 2.29 bits per heavy atom. The van der Waals surface area contributed by atoms with Gasteiger partial charge in [-0.2, -0.15) is 0 Å². The first-order valence-corrected chi connectivity index (χ1v) is 7.39. The second-order valence-corrected chi connectivity index (χ2v) is 5.07. The van der Waals surface area contributed by atoms with Gasteiger partial charge in [0.25, 0.3) is 5.91 Å². The van der Waals surface area contributed by atoms with Crippen molar-refractivity contribution in [1.82, 2.24) is 5.32 Å². The molecule has 0 bridgehead atoms. The Kier molecular flexibility index (Phi) is 6.19. The van der Waals surface area contributed by atoms with Crippen molar-refractivity contribution < 1.29 is 24.2 Å². The summed E-state index contributed by atoms with van der Waals surface area (Å²) in [6.45, 7) is -0.205. The SMILES string of the molecule is COc1ccc([C@H](CC(=O)[O-])NC(=O)COc2ccccc2)cc1. The van der Waals surface area contributed by atoms with Gasteiger partial charge in [-0.1, -0.05) is 30.3 Å². The first-order chi connectivity index (χ1) is 11.6.